The van der Waals surface area contributed by atoms with E-state index in [0.717, 1.165) is 0 Å². The fourth-order valence-electron chi connectivity index (χ4n) is 3.63. The Bertz CT molecular complexity index is 750. The zero-order chi connectivity index (χ0) is 20.1. The van der Waals surface area contributed by atoms with Gasteiger partial charge in [-0.25, -0.2) is 0 Å². The van der Waals surface area contributed by atoms with Crippen molar-refractivity contribution in [2.45, 2.75) is 54.0 Å². The van der Waals surface area contributed by atoms with Crippen LogP contribution in [-0.4, -0.2) is 17.9 Å². The molecule has 2 aromatic carbocycles. The summed E-state index contributed by atoms with van der Waals surface area (Å²) < 4.78 is 0. The molecule has 2 rings (SSSR count). The third kappa shape index (κ3) is 5.22. The molecule has 0 radical (unpaired) electrons. The van der Waals surface area contributed by atoms with Crippen LogP contribution in [-0.2, 0) is 11.3 Å². The third-order valence-corrected chi connectivity index (χ3v) is 6.36. The number of nitrogens with zero attached hydrogens (tertiary/aromatic N) is 1. The molecule has 3 atom stereocenters. The van der Waals surface area contributed by atoms with Crippen molar-refractivity contribution in [1.29, 1.82) is 0 Å². The first-order chi connectivity index (χ1) is 12.7. The molecule has 2 nitrogen and oxygen atoms in total. The predicted molar refractivity (Wildman–Crippen MR) is 116 cm³/mol. The van der Waals surface area contributed by atoms with Crippen molar-refractivity contribution in [2.24, 2.45) is 17.8 Å². The molecule has 0 saturated carbocycles. The van der Waals surface area contributed by atoms with E-state index in [4.69, 9.17) is 0 Å². The van der Waals surface area contributed by atoms with E-state index < -0.39 is 0 Å². The number of hydrogen-bond donors (Lipinski definition) is 0. The molecule has 2 aromatic rings. The van der Waals surface area contributed by atoms with Crippen LogP contribution < -0.4 is 0 Å². The van der Waals surface area contributed by atoms with Crippen LogP contribution in [0, 0.1) is 17.8 Å². The SMILES string of the molecule is CC(=O)N(C)Cc1ccc(C(C)C(C)C(C)C(C)C)cc1-c1ccccc1. The molecule has 0 aromatic heterocycles. The Morgan fingerprint density at radius 1 is 0.926 bits per heavy atom. The highest BCUT2D eigenvalue weighted by molar-refractivity contribution is 5.74. The Morgan fingerprint density at radius 2 is 1.56 bits per heavy atom. The molecule has 0 N–H and O–H groups in total. The molecule has 0 aliphatic rings. The first kappa shape index (κ1) is 21.2. The summed E-state index contributed by atoms with van der Waals surface area (Å²) in [7, 11) is 1.86. The smallest absolute Gasteiger partial charge is 0.219 e. The zero-order valence-corrected chi connectivity index (χ0v) is 18.0. The Kier molecular flexibility index (Phi) is 7.24. The van der Waals surface area contributed by atoms with E-state index in [0.29, 0.717) is 30.2 Å². The van der Waals surface area contributed by atoms with Gasteiger partial charge < -0.3 is 4.90 Å². The van der Waals surface area contributed by atoms with Crippen LogP contribution in [0.5, 0.6) is 0 Å². The van der Waals surface area contributed by atoms with Crippen molar-refractivity contribution >= 4 is 5.91 Å². The molecule has 27 heavy (non-hydrogen) atoms. The van der Waals surface area contributed by atoms with E-state index in [2.05, 4.69) is 77.1 Å². The van der Waals surface area contributed by atoms with E-state index in [1.807, 2.05) is 13.1 Å². The highest BCUT2D eigenvalue weighted by Crippen LogP contribution is 2.36. The minimum atomic E-state index is 0.0887. The summed E-state index contributed by atoms with van der Waals surface area (Å²) >= 11 is 0. The number of carbonyl (C=O) groups excluding carboxylic acids is 1. The molecule has 146 valence electrons. The van der Waals surface area contributed by atoms with Crippen molar-refractivity contribution in [1.82, 2.24) is 4.90 Å². The first-order valence-electron chi connectivity index (χ1n) is 10.1. The van der Waals surface area contributed by atoms with E-state index in [1.54, 1.807) is 11.8 Å². The first-order valence-corrected chi connectivity index (χ1v) is 10.1. The molecule has 1 amide bonds. The van der Waals surface area contributed by atoms with Gasteiger partial charge in [0, 0.05) is 20.5 Å². The van der Waals surface area contributed by atoms with Gasteiger partial charge in [0.25, 0.3) is 0 Å². The molecule has 3 unspecified atom stereocenters. The number of rotatable bonds is 7. The van der Waals surface area contributed by atoms with Gasteiger partial charge in [-0.3, -0.25) is 4.79 Å². The fourth-order valence-corrected chi connectivity index (χ4v) is 3.63. The third-order valence-electron chi connectivity index (χ3n) is 6.36. The van der Waals surface area contributed by atoms with Crippen molar-refractivity contribution in [3.05, 3.63) is 59.7 Å². The maximum Gasteiger partial charge on any atom is 0.219 e. The number of carbonyl (C=O) groups is 1. The maximum absolute atomic E-state index is 11.7. The van der Waals surface area contributed by atoms with Crippen molar-refractivity contribution < 1.29 is 4.79 Å². The van der Waals surface area contributed by atoms with Crippen LogP contribution in [0.25, 0.3) is 11.1 Å². The maximum atomic E-state index is 11.7. The van der Waals surface area contributed by atoms with E-state index >= 15 is 0 Å². The Hall–Kier alpha value is -2.09. The van der Waals surface area contributed by atoms with Crippen LogP contribution in [0.3, 0.4) is 0 Å². The van der Waals surface area contributed by atoms with E-state index in [-0.39, 0.29) is 5.91 Å². The van der Waals surface area contributed by atoms with E-state index in [1.165, 1.54) is 22.3 Å². The van der Waals surface area contributed by atoms with Crippen LogP contribution in [0.1, 0.15) is 58.6 Å². The van der Waals surface area contributed by atoms with Gasteiger partial charge in [-0.2, -0.15) is 0 Å². The second kappa shape index (κ2) is 9.21. The van der Waals surface area contributed by atoms with Gasteiger partial charge in [-0.15, -0.1) is 0 Å². The highest BCUT2D eigenvalue weighted by atomic mass is 16.2. The second-order valence-corrected chi connectivity index (χ2v) is 8.41. The molecule has 0 fully saturated rings. The molecule has 2 heteroatoms. The summed E-state index contributed by atoms with van der Waals surface area (Å²) in [4.78, 5) is 13.5. The molecule has 0 bridgehead atoms. The summed E-state index contributed by atoms with van der Waals surface area (Å²) in [6, 6.07) is 17.3. The van der Waals surface area contributed by atoms with Gasteiger partial charge in [-0.1, -0.05) is 83.1 Å². The Morgan fingerprint density at radius 3 is 2.11 bits per heavy atom. The van der Waals surface area contributed by atoms with Gasteiger partial charge in [0.1, 0.15) is 0 Å². The average molecular weight is 366 g/mol. The fraction of sp³-hybridized carbons (Fsp3) is 0.480. The van der Waals surface area contributed by atoms with Crippen LogP contribution in [0.4, 0.5) is 0 Å². The topological polar surface area (TPSA) is 20.3 Å². The van der Waals surface area contributed by atoms with Gasteiger partial charge in [-0.05, 0) is 45.9 Å². The highest BCUT2D eigenvalue weighted by Gasteiger charge is 2.23. The van der Waals surface area contributed by atoms with Crippen LogP contribution in [0.2, 0.25) is 0 Å². The average Bonchev–Trinajstić information content (AvgIpc) is 2.66. The monoisotopic (exact) mass is 365 g/mol. The summed E-state index contributed by atoms with van der Waals surface area (Å²) in [5, 5.41) is 0. The molecule has 0 aliphatic carbocycles. The summed E-state index contributed by atoms with van der Waals surface area (Å²) in [5.74, 6) is 2.54. The molecule has 0 spiro atoms. The lowest BCUT2D eigenvalue weighted by atomic mass is 9.76. The van der Waals surface area contributed by atoms with Crippen molar-refractivity contribution in [3.8, 4) is 11.1 Å². The normalized spacial score (nSPS) is 14.7. The summed E-state index contributed by atoms with van der Waals surface area (Å²) in [5.41, 5.74) is 5.02. The lowest BCUT2D eigenvalue weighted by Crippen LogP contribution is -2.23. The summed E-state index contributed by atoms with van der Waals surface area (Å²) in [6.45, 7) is 13.9. The zero-order valence-electron chi connectivity index (χ0n) is 18.0. The lowest BCUT2D eigenvalue weighted by molar-refractivity contribution is -0.128. The quantitative estimate of drug-likeness (QED) is 0.559. The summed E-state index contributed by atoms with van der Waals surface area (Å²) in [6.07, 6.45) is 0. The van der Waals surface area contributed by atoms with Crippen LogP contribution in [0.15, 0.2) is 48.5 Å². The molecule has 0 aliphatic heterocycles. The lowest BCUT2D eigenvalue weighted by Gasteiger charge is -2.30. The van der Waals surface area contributed by atoms with Gasteiger partial charge in [0.05, 0.1) is 0 Å². The van der Waals surface area contributed by atoms with Gasteiger partial charge in [0.2, 0.25) is 5.91 Å². The van der Waals surface area contributed by atoms with Crippen molar-refractivity contribution in [3.63, 3.8) is 0 Å². The molecular formula is C25H35NO. The molecule has 0 heterocycles. The number of amides is 1. The van der Waals surface area contributed by atoms with E-state index in [9.17, 15) is 4.79 Å². The number of benzene rings is 2. The largest absolute Gasteiger partial charge is 0.342 e. The predicted octanol–water partition coefficient (Wildman–Crippen LogP) is 6.36. The van der Waals surface area contributed by atoms with Crippen molar-refractivity contribution in [2.75, 3.05) is 7.05 Å². The van der Waals surface area contributed by atoms with Gasteiger partial charge >= 0.3 is 0 Å². The Balaban J connectivity index is 2.43. The van der Waals surface area contributed by atoms with Crippen LogP contribution >= 0.6 is 0 Å². The minimum absolute atomic E-state index is 0.0887. The molecule has 0 saturated heterocycles. The molecular weight excluding hydrogens is 330 g/mol. The Labute approximate surface area is 165 Å². The standard InChI is InChI=1S/C25H35NO/c1-17(2)18(3)19(4)20(5)23-13-14-24(16-26(7)21(6)27)25(15-23)22-11-9-8-10-12-22/h8-15,17-20H,16H2,1-7H3. The van der Waals surface area contributed by atoms with Gasteiger partial charge in [0.15, 0.2) is 0 Å². The second-order valence-electron chi connectivity index (χ2n) is 8.41. The number of hydrogen-bond acceptors (Lipinski definition) is 1. The minimum Gasteiger partial charge on any atom is -0.342 e.